The monoisotopic (exact) mass is 621 g/mol. The zero-order chi connectivity index (χ0) is 32.3. The Morgan fingerprint density at radius 1 is 0.705 bits per heavy atom. The van der Waals surface area contributed by atoms with Crippen LogP contribution in [0, 0.1) is 17.8 Å². The van der Waals surface area contributed by atoms with Crippen LogP contribution in [0.3, 0.4) is 0 Å². The van der Waals surface area contributed by atoms with Crippen molar-refractivity contribution in [2.75, 3.05) is 6.61 Å². The molecule has 0 aromatic heterocycles. The molecule has 0 spiro atoms. The molecule has 5 nitrogen and oxygen atoms in total. The number of hydrogen-bond donors (Lipinski definition) is 1. The van der Waals surface area contributed by atoms with Gasteiger partial charge in [-0.25, -0.2) is 0 Å². The van der Waals surface area contributed by atoms with Gasteiger partial charge in [-0.1, -0.05) is 136 Å². The molecule has 5 unspecified atom stereocenters. The van der Waals surface area contributed by atoms with Gasteiger partial charge in [0, 0.05) is 12.8 Å². The molecule has 0 bridgehead atoms. The maximum atomic E-state index is 13.5. The van der Waals surface area contributed by atoms with Gasteiger partial charge in [-0.2, -0.15) is 0 Å². The van der Waals surface area contributed by atoms with Crippen molar-refractivity contribution in [3.8, 4) is 0 Å². The Hall–Kier alpha value is -1.36. The lowest BCUT2D eigenvalue weighted by Crippen LogP contribution is -2.26. The Labute approximate surface area is 272 Å². The average molecular weight is 621 g/mol. The van der Waals surface area contributed by atoms with Gasteiger partial charge in [-0.05, 0) is 63.2 Å². The molecule has 1 rings (SSSR count). The van der Waals surface area contributed by atoms with E-state index in [9.17, 15) is 14.7 Å². The number of carbonyl (C=O) groups is 2. The van der Waals surface area contributed by atoms with Crippen molar-refractivity contribution < 1.29 is 24.2 Å². The van der Waals surface area contributed by atoms with E-state index in [0.717, 1.165) is 70.6 Å². The molecule has 0 aromatic carbocycles. The number of unbranched alkanes of at least 4 members (excludes halogenated alkanes) is 13. The van der Waals surface area contributed by atoms with Crippen LogP contribution in [0.4, 0.5) is 0 Å². The third-order valence-corrected chi connectivity index (χ3v) is 9.68. The molecular formula is C39H72O5. The largest absolute Gasteiger partial charge is 0.466 e. The van der Waals surface area contributed by atoms with Crippen molar-refractivity contribution in [2.24, 2.45) is 17.8 Å². The fourth-order valence-electron chi connectivity index (χ4n) is 6.77. The zero-order valence-corrected chi connectivity index (χ0v) is 29.5. The predicted octanol–water partition coefficient (Wildman–Crippen LogP) is 11.1. The standard InChI is InChI=1S/C39H72O5/c1-5-9-13-16-18-22-25-33(24-21-15-11-7-3)39(42)44-35(26-23-19-17-14-10-6-2)30-31-43-38(41)32-34-28-29-37(40)36(34)27-20-12-8-4/h12,20,33-37,40H,5-11,13-19,21-32H2,1-4H3/b20-12-. The van der Waals surface area contributed by atoms with E-state index in [1.165, 1.54) is 77.0 Å². The number of ether oxygens (including phenoxy) is 2. The Morgan fingerprint density at radius 2 is 1.25 bits per heavy atom. The van der Waals surface area contributed by atoms with Gasteiger partial charge in [0.25, 0.3) is 0 Å². The number of hydrogen-bond acceptors (Lipinski definition) is 5. The highest BCUT2D eigenvalue weighted by atomic mass is 16.6. The van der Waals surface area contributed by atoms with Gasteiger partial charge in [0.15, 0.2) is 0 Å². The van der Waals surface area contributed by atoms with Gasteiger partial charge < -0.3 is 14.6 Å². The second-order valence-electron chi connectivity index (χ2n) is 13.6. The first-order valence-electron chi connectivity index (χ1n) is 19.2. The fourth-order valence-corrected chi connectivity index (χ4v) is 6.77. The average Bonchev–Trinajstić information content (AvgIpc) is 3.35. The Kier molecular flexibility index (Phi) is 25.8. The molecule has 0 saturated heterocycles. The van der Waals surface area contributed by atoms with E-state index in [4.69, 9.17) is 9.47 Å². The normalized spacial score (nSPS) is 19.8. The van der Waals surface area contributed by atoms with Crippen molar-refractivity contribution in [2.45, 2.75) is 200 Å². The quantitative estimate of drug-likeness (QED) is 0.0511. The minimum atomic E-state index is -0.332. The molecule has 1 aliphatic carbocycles. The molecule has 1 fully saturated rings. The first-order valence-corrected chi connectivity index (χ1v) is 19.2. The van der Waals surface area contributed by atoms with Crippen LogP contribution in [-0.2, 0) is 19.1 Å². The van der Waals surface area contributed by atoms with Crippen molar-refractivity contribution in [3.63, 3.8) is 0 Å². The molecule has 258 valence electrons. The lowest BCUT2D eigenvalue weighted by molar-refractivity contribution is -0.157. The van der Waals surface area contributed by atoms with Crippen LogP contribution in [-0.4, -0.2) is 35.9 Å². The number of esters is 2. The number of rotatable bonds is 29. The Morgan fingerprint density at radius 3 is 1.84 bits per heavy atom. The highest BCUT2D eigenvalue weighted by Gasteiger charge is 2.35. The second-order valence-corrected chi connectivity index (χ2v) is 13.6. The minimum Gasteiger partial charge on any atom is -0.466 e. The molecule has 0 aliphatic heterocycles. The van der Waals surface area contributed by atoms with Gasteiger partial charge >= 0.3 is 11.9 Å². The highest BCUT2D eigenvalue weighted by Crippen LogP contribution is 2.37. The van der Waals surface area contributed by atoms with Gasteiger partial charge in [0.2, 0.25) is 0 Å². The first-order chi connectivity index (χ1) is 21.5. The highest BCUT2D eigenvalue weighted by molar-refractivity contribution is 5.72. The molecule has 44 heavy (non-hydrogen) atoms. The van der Waals surface area contributed by atoms with E-state index >= 15 is 0 Å². The fraction of sp³-hybridized carbons (Fsp3) is 0.897. The summed E-state index contributed by atoms with van der Waals surface area (Å²) >= 11 is 0. The van der Waals surface area contributed by atoms with E-state index in [0.29, 0.717) is 19.4 Å². The van der Waals surface area contributed by atoms with E-state index in [1.807, 2.05) is 0 Å². The van der Waals surface area contributed by atoms with E-state index < -0.39 is 0 Å². The molecule has 0 amide bonds. The maximum absolute atomic E-state index is 13.5. The summed E-state index contributed by atoms with van der Waals surface area (Å²) in [5.41, 5.74) is 0. The molecule has 0 radical (unpaired) electrons. The first kappa shape index (κ1) is 40.7. The van der Waals surface area contributed by atoms with E-state index in [-0.39, 0.29) is 41.9 Å². The minimum absolute atomic E-state index is 0.0138. The molecule has 0 aromatic rings. The van der Waals surface area contributed by atoms with Crippen LogP contribution in [0.15, 0.2) is 12.2 Å². The molecular weight excluding hydrogens is 548 g/mol. The topological polar surface area (TPSA) is 72.8 Å². The summed E-state index contributed by atoms with van der Waals surface area (Å²) in [4.78, 5) is 26.3. The maximum Gasteiger partial charge on any atom is 0.309 e. The number of aliphatic hydroxyl groups is 1. The number of aliphatic hydroxyl groups excluding tert-OH is 1. The van der Waals surface area contributed by atoms with Gasteiger partial charge in [-0.15, -0.1) is 0 Å². The predicted molar refractivity (Wildman–Crippen MR) is 185 cm³/mol. The van der Waals surface area contributed by atoms with Crippen molar-refractivity contribution >= 4 is 11.9 Å². The number of carbonyl (C=O) groups excluding carboxylic acids is 2. The van der Waals surface area contributed by atoms with Crippen LogP contribution in [0.2, 0.25) is 0 Å². The molecule has 1 saturated carbocycles. The van der Waals surface area contributed by atoms with Gasteiger partial charge in [-0.3, -0.25) is 9.59 Å². The van der Waals surface area contributed by atoms with Crippen LogP contribution >= 0.6 is 0 Å². The summed E-state index contributed by atoms with van der Waals surface area (Å²) in [7, 11) is 0. The van der Waals surface area contributed by atoms with Crippen LogP contribution in [0.25, 0.3) is 0 Å². The van der Waals surface area contributed by atoms with Crippen LogP contribution in [0.5, 0.6) is 0 Å². The molecule has 1 aliphatic rings. The summed E-state index contributed by atoms with van der Waals surface area (Å²) in [6.07, 6.45) is 30.1. The van der Waals surface area contributed by atoms with Crippen molar-refractivity contribution in [1.82, 2.24) is 0 Å². The Balaban J connectivity index is 2.67. The zero-order valence-electron chi connectivity index (χ0n) is 29.5. The second kappa shape index (κ2) is 27.9. The van der Waals surface area contributed by atoms with E-state index in [2.05, 4.69) is 39.8 Å². The third kappa shape index (κ3) is 19.9. The number of allylic oxidation sites excluding steroid dienone is 2. The van der Waals surface area contributed by atoms with Gasteiger partial charge in [0.05, 0.1) is 18.6 Å². The summed E-state index contributed by atoms with van der Waals surface area (Å²) in [5.74, 6) is 0.0781. The SMILES string of the molecule is CC/C=C\CC1C(O)CCC1CC(=O)OCCC(CCCCCCCC)OC(=O)C(CCCCCC)CCCCCCCC. The smallest absolute Gasteiger partial charge is 0.309 e. The molecule has 5 atom stereocenters. The lowest BCUT2D eigenvalue weighted by atomic mass is 9.89. The van der Waals surface area contributed by atoms with Gasteiger partial charge in [0.1, 0.15) is 6.10 Å². The van der Waals surface area contributed by atoms with Crippen LogP contribution in [0.1, 0.15) is 188 Å². The van der Waals surface area contributed by atoms with Crippen LogP contribution < -0.4 is 0 Å². The third-order valence-electron chi connectivity index (χ3n) is 9.68. The molecule has 0 heterocycles. The summed E-state index contributed by atoms with van der Waals surface area (Å²) in [6.45, 7) is 9.10. The van der Waals surface area contributed by atoms with E-state index in [1.54, 1.807) is 0 Å². The molecule has 5 heteroatoms. The summed E-state index contributed by atoms with van der Waals surface area (Å²) in [6, 6.07) is 0. The summed E-state index contributed by atoms with van der Waals surface area (Å²) in [5, 5.41) is 10.4. The lowest BCUT2D eigenvalue weighted by Gasteiger charge is -2.23. The van der Waals surface area contributed by atoms with Crippen molar-refractivity contribution in [1.29, 1.82) is 0 Å². The van der Waals surface area contributed by atoms with Crippen molar-refractivity contribution in [3.05, 3.63) is 12.2 Å². The molecule has 1 N–H and O–H groups in total. The Bertz CT molecular complexity index is 719. The summed E-state index contributed by atoms with van der Waals surface area (Å²) < 4.78 is 11.9.